The highest BCUT2D eigenvalue weighted by atomic mass is 16.5. The van der Waals surface area contributed by atoms with E-state index < -0.39 is 6.03 Å². The molecule has 5 N–H and O–H groups in total. The predicted molar refractivity (Wildman–Crippen MR) is 41.1 cm³/mol. The van der Waals surface area contributed by atoms with E-state index in [2.05, 4.69) is 15.0 Å². The molecule has 0 unspecified atom stereocenters. The largest absolute Gasteiger partial charge is 0.383 e. The Morgan fingerprint density at radius 2 is 2.27 bits per heavy atom. The molecule has 0 saturated carbocycles. The lowest BCUT2D eigenvalue weighted by molar-refractivity contribution is 0.197. The fourth-order valence-electron chi connectivity index (χ4n) is 0.417. The maximum absolute atomic E-state index is 10.6. The lowest BCUT2D eigenvalue weighted by atomic mass is 10.7. The smallest absolute Gasteiger partial charge is 0.344 e. The van der Waals surface area contributed by atoms with Gasteiger partial charge >= 0.3 is 6.03 Å². The van der Waals surface area contributed by atoms with Gasteiger partial charge in [-0.25, -0.2) is 4.79 Å². The minimum atomic E-state index is -0.554. The van der Waals surface area contributed by atoms with Crippen molar-refractivity contribution in [2.75, 3.05) is 20.3 Å². The molecular formula is C5H12N4O2. The van der Waals surface area contributed by atoms with Crippen molar-refractivity contribution in [1.29, 1.82) is 0 Å². The molecule has 0 atom stereocenters. The molecule has 2 amide bonds. The Morgan fingerprint density at radius 1 is 1.64 bits per heavy atom. The van der Waals surface area contributed by atoms with Crippen molar-refractivity contribution in [2.45, 2.75) is 0 Å². The fraction of sp³-hybridized carbons (Fsp3) is 0.600. The van der Waals surface area contributed by atoms with E-state index in [1.54, 1.807) is 0 Å². The van der Waals surface area contributed by atoms with E-state index in [1.165, 1.54) is 7.11 Å². The van der Waals surface area contributed by atoms with E-state index in [0.717, 1.165) is 0 Å². The highest BCUT2D eigenvalue weighted by Gasteiger charge is 1.95. The quantitative estimate of drug-likeness (QED) is 0.269. The van der Waals surface area contributed by atoms with Crippen LogP contribution in [0.4, 0.5) is 4.79 Å². The standard InChI is InChI=1S/C5H12N4O2/c1-11-3-2-8-5(10)9-4(6)7/h2-3H2,1H3,(H5,6,7,8,9,10). The first kappa shape index (κ1) is 9.70. The summed E-state index contributed by atoms with van der Waals surface area (Å²) < 4.78 is 4.67. The summed E-state index contributed by atoms with van der Waals surface area (Å²) in [6.07, 6.45) is 0. The first-order valence-corrected chi connectivity index (χ1v) is 3.03. The molecule has 0 aliphatic rings. The normalized spacial score (nSPS) is 8.82. The molecule has 0 heterocycles. The molecule has 0 aromatic carbocycles. The Bertz CT molecular complexity index is 153. The van der Waals surface area contributed by atoms with Crippen LogP contribution in [-0.4, -0.2) is 32.3 Å². The van der Waals surface area contributed by atoms with E-state index >= 15 is 0 Å². The summed E-state index contributed by atoms with van der Waals surface area (Å²) in [5, 5.41) is 2.40. The zero-order chi connectivity index (χ0) is 8.69. The SMILES string of the molecule is COCCNC(=O)N=C(N)N. The van der Waals surface area contributed by atoms with E-state index in [0.29, 0.717) is 13.2 Å². The molecule has 11 heavy (non-hydrogen) atoms. The number of urea groups is 1. The van der Waals surface area contributed by atoms with Crippen molar-refractivity contribution < 1.29 is 9.53 Å². The molecule has 6 heteroatoms. The van der Waals surface area contributed by atoms with Crippen molar-refractivity contribution in [1.82, 2.24) is 5.32 Å². The van der Waals surface area contributed by atoms with Crippen LogP contribution < -0.4 is 16.8 Å². The minimum Gasteiger partial charge on any atom is -0.383 e. The van der Waals surface area contributed by atoms with Gasteiger partial charge in [-0.3, -0.25) is 0 Å². The van der Waals surface area contributed by atoms with Gasteiger partial charge in [0.15, 0.2) is 5.96 Å². The molecule has 0 rings (SSSR count). The molecule has 0 radical (unpaired) electrons. The number of carbonyl (C=O) groups excluding carboxylic acids is 1. The molecule has 64 valence electrons. The lowest BCUT2D eigenvalue weighted by Gasteiger charge is -1.98. The summed E-state index contributed by atoms with van der Waals surface area (Å²) in [5.74, 6) is -0.250. The third-order valence-electron chi connectivity index (χ3n) is 0.813. The second kappa shape index (κ2) is 5.48. The molecule has 0 saturated heterocycles. The maximum Gasteiger partial charge on any atom is 0.344 e. The lowest BCUT2D eigenvalue weighted by Crippen LogP contribution is -2.30. The highest BCUT2D eigenvalue weighted by Crippen LogP contribution is 1.72. The molecule has 0 aromatic rings. The molecule has 0 aliphatic carbocycles. The molecular weight excluding hydrogens is 148 g/mol. The van der Waals surface area contributed by atoms with E-state index in [1.807, 2.05) is 0 Å². The van der Waals surface area contributed by atoms with Gasteiger partial charge in [0.1, 0.15) is 0 Å². The van der Waals surface area contributed by atoms with E-state index in [4.69, 9.17) is 11.5 Å². The Labute approximate surface area is 64.6 Å². The number of nitrogens with zero attached hydrogens (tertiary/aromatic N) is 1. The molecule has 6 nitrogen and oxygen atoms in total. The van der Waals surface area contributed by atoms with Gasteiger partial charge in [0.05, 0.1) is 6.61 Å². The second-order valence-corrected chi connectivity index (χ2v) is 1.76. The summed E-state index contributed by atoms with van der Waals surface area (Å²) in [5.41, 5.74) is 9.87. The minimum absolute atomic E-state index is 0.250. The number of ether oxygens (including phenoxy) is 1. The second-order valence-electron chi connectivity index (χ2n) is 1.76. The zero-order valence-electron chi connectivity index (χ0n) is 6.33. The van der Waals surface area contributed by atoms with Crippen LogP contribution in [0, 0.1) is 0 Å². The summed E-state index contributed by atoms with van der Waals surface area (Å²) in [6.45, 7) is 0.831. The average molecular weight is 160 g/mol. The van der Waals surface area contributed by atoms with Crippen molar-refractivity contribution in [3.05, 3.63) is 0 Å². The summed E-state index contributed by atoms with van der Waals surface area (Å²) >= 11 is 0. The van der Waals surface area contributed by atoms with Gasteiger partial charge in [-0.05, 0) is 0 Å². The van der Waals surface area contributed by atoms with E-state index in [9.17, 15) is 4.79 Å². The van der Waals surface area contributed by atoms with Crippen LogP contribution in [0.3, 0.4) is 0 Å². The number of hydrogen-bond donors (Lipinski definition) is 3. The van der Waals surface area contributed by atoms with Gasteiger partial charge in [0, 0.05) is 13.7 Å². The number of guanidine groups is 1. The van der Waals surface area contributed by atoms with Crippen LogP contribution in [0.25, 0.3) is 0 Å². The summed E-state index contributed by atoms with van der Waals surface area (Å²) in [4.78, 5) is 13.8. The van der Waals surface area contributed by atoms with Crippen LogP contribution in [0.15, 0.2) is 4.99 Å². The van der Waals surface area contributed by atoms with Gasteiger partial charge in [-0.1, -0.05) is 0 Å². The Hall–Kier alpha value is -1.30. The number of carbonyl (C=O) groups is 1. The summed E-state index contributed by atoms with van der Waals surface area (Å²) in [6, 6.07) is -0.554. The van der Waals surface area contributed by atoms with Gasteiger partial charge in [-0.15, -0.1) is 0 Å². The van der Waals surface area contributed by atoms with Crippen LogP contribution in [0.5, 0.6) is 0 Å². The Morgan fingerprint density at radius 3 is 2.73 bits per heavy atom. The zero-order valence-corrected chi connectivity index (χ0v) is 6.33. The third-order valence-corrected chi connectivity index (χ3v) is 0.813. The van der Waals surface area contributed by atoms with Crippen LogP contribution >= 0.6 is 0 Å². The van der Waals surface area contributed by atoms with Gasteiger partial charge in [-0.2, -0.15) is 4.99 Å². The third kappa shape index (κ3) is 6.59. The van der Waals surface area contributed by atoms with Crippen molar-refractivity contribution in [3.8, 4) is 0 Å². The van der Waals surface area contributed by atoms with Gasteiger partial charge < -0.3 is 21.5 Å². The molecule has 0 spiro atoms. The van der Waals surface area contributed by atoms with Gasteiger partial charge in [0.2, 0.25) is 0 Å². The molecule has 0 aromatic heterocycles. The number of amides is 2. The van der Waals surface area contributed by atoms with Crippen LogP contribution in [0.1, 0.15) is 0 Å². The van der Waals surface area contributed by atoms with E-state index in [-0.39, 0.29) is 5.96 Å². The number of rotatable bonds is 3. The first-order valence-electron chi connectivity index (χ1n) is 3.03. The molecule has 0 fully saturated rings. The van der Waals surface area contributed by atoms with Crippen molar-refractivity contribution >= 4 is 12.0 Å². The highest BCUT2D eigenvalue weighted by molar-refractivity contribution is 5.90. The van der Waals surface area contributed by atoms with Gasteiger partial charge in [0.25, 0.3) is 0 Å². The monoisotopic (exact) mass is 160 g/mol. The Kier molecular flexibility index (Phi) is 4.83. The van der Waals surface area contributed by atoms with Crippen molar-refractivity contribution in [3.63, 3.8) is 0 Å². The predicted octanol–water partition coefficient (Wildman–Crippen LogP) is -1.38. The molecule has 0 bridgehead atoms. The number of aliphatic imine (C=N–C) groups is 1. The van der Waals surface area contributed by atoms with Crippen LogP contribution in [0.2, 0.25) is 0 Å². The Balaban J connectivity index is 3.46. The maximum atomic E-state index is 10.6. The van der Waals surface area contributed by atoms with Crippen LogP contribution in [-0.2, 0) is 4.74 Å². The number of hydrogen-bond acceptors (Lipinski definition) is 2. The van der Waals surface area contributed by atoms with Crippen molar-refractivity contribution in [2.24, 2.45) is 16.5 Å². The number of nitrogens with two attached hydrogens (primary N) is 2. The topological polar surface area (TPSA) is 103 Å². The molecule has 0 aliphatic heterocycles. The first-order chi connectivity index (χ1) is 5.16. The number of nitrogens with one attached hydrogen (secondary N) is 1. The number of methoxy groups -OCH3 is 1. The fourth-order valence-corrected chi connectivity index (χ4v) is 0.417. The summed E-state index contributed by atoms with van der Waals surface area (Å²) in [7, 11) is 1.53. The average Bonchev–Trinajstić information content (AvgIpc) is 1.86.